The Morgan fingerprint density at radius 1 is 1.29 bits per heavy atom. The highest BCUT2D eigenvalue weighted by atomic mass is 79.9. The van der Waals surface area contributed by atoms with Gasteiger partial charge in [0, 0.05) is 14.6 Å². The first-order valence-electron chi connectivity index (χ1n) is 5.51. The zero-order valence-corrected chi connectivity index (χ0v) is 12.2. The molecule has 1 unspecified atom stereocenters. The van der Waals surface area contributed by atoms with Crippen LogP contribution in [0.5, 0.6) is 0 Å². The minimum atomic E-state index is -0.166. The highest BCUT2D eigenvalue weighted by Crippen LogP contribution is 2.34. The molecule has 0 saturated heterocycles. The van der Waals surface area contributed by atoms with Crippen molar-refractivity contribution in [3.63, 3.8) is 0 Å². The Hall–Kier alpha value is -0.670. The van der Waals surface area contributed by atoms with Crippen LogP contribution in [0.15, 0.2) is 30.3 Å². The minimum absolute atomic E-state index is 0.166. The van der Waals surface area contributed by atoms with Crippen molar-refractivity contribution in [2.24, 2.45) is 0 Å². The lowest BCUT2D eigenvalue weighted by molar-refractivity contribution is 0.625. The Balaban J connectivity index is 2.16. The van der Waals surface area contributed by atoms with E-state index in [-0.39, 0.29) is 10.6 Å². The smallest absolute Gasteiger partial charge is 0.123 e. The first kappa shape index (κ1) is 12.8. The molecule has 2 rings (SSSR count). The number of aryl methyl sites for hydroxylation is 2. The molecule has 0 amide bonds. The fourth-order valence-electron chi connectivity index (χ4n) is 1.94. The summed E-state index contributed by atoms with van der Waals surface area (Å²) in [6.07, 6.45) is 0.814. The molecule has 0 aliphatic heterocycles. The van der Waals surface area contributed by atoms with Gasteiger partial charge in [-0.05, 0) is 49.6 Å². The van der Waals surface area contributed by atoms with Crippen LogP contribution in [0.3, 0.4) is 0 Å². The number of halogens is 2. The van der Waals surface area contributed by atoms with Crippen molar-refractivity contribution in [1.29, 1.82) is 0 Å². The Morgan fingerprint density at radius 2 is 2.06 bits per heavy atom. The van der Waals surface area contributed by atoms with Crippen molar-refractivity contribution in [2.45, 2.75) is 25.1 Å². The molecule has 2 aromatic rings. The standard InChI is InChI=1S/C14H14BrFS/c1-9-6-13(10(2)17-9)14(15)8-11-4-3-5-12(16)7-11/h3-7,14H,8H2,1-2H3. The molecule has 17 heavy (non-hydrogen) atoms. The van der Waals surface area contributed by atoms with Crippen LogP contribution >= 0.6 is 27.3 Å². The van der Waals surface area contributed by atoms with Crippen molar-refractivity contribution in [2.75, 3.05) is 0 Å². The second kappa shape index (κ2) is 5.32. The summed E-state index contributed by atoms with van der Waals surface area (Å²) in [5, 5.41) is 0. The second-order valence-corrected chi connectivity index (χ2v) is 6.74. The maximum atomic E-state index is 13.1. The van der Waals surface area contributed by atoms with E-state index in [0.29, 0.717) is 0 Å². The lowest BCUT2D eigenvalue weighted by Gasteiger charge is -2.09. The predicted molar refractivity (Wildman–Crippen MR) is 75.6 cm³/mol. The molecule has 0 radical (unpaired) electrons. The van der Waals surface area contributed by atoms with Gasteiger partial charge in [0.2, 0.25) is 0 Å². The van der Waals surface area contributed by atoms with Gasteiger partial charge in [0.15, 0.2) is 0 Å². The molecule has 0 nitrogen and oxygen atoms in total. The van der Waals surface area contributed by atoms with E-state index in [4.69, 9.17) is 0 Å². The monoisotopic (exact) mass is 312 g/mol. The molecule has 0 saturated carbocycles. The molecule has 1 aromatic carbocycles. The van der Waals surface area contributed by atoms with Crippen LogP contribution in [0.4, 0.5) is 4.39 Å². The summed E-state index contributed by atoms with van der Waals surface area (Å²) in [4.78, 5) is 2.91. The Morgan fingerprint density at radius 3 is 2.65 bits per heavy atom. The summed E-state index contributed by atoms with van der Waals surface area (Å²) in [6.45, 7) is 4.25. The van der Waals surface area contributed by atoms with E-state index in [1.54, 1.807) is 12.1 Å². The van der Waals surface area contributed by atoms with Gasteiger partial charge in [0.05, 0.1) is 0 Å². The summed E-state index contributed by atoms with van der Waals surface area (Å²) >= 11 is 5.50. The Labute approximate surface area is 114 Å². The maximum Gasteiger partial charge on any atom is 0.123 e. The maximum absolute atomic E-state index is 13.1. The molecule has 1 aromatic heterocycles. The van der Waals surface area contributed by atoms with Crippen molar-refractivity contribution in [1.82, 2.24) is 0 Å². The fourth-order valence-corrected chi connectivity index (χ4v) is 3.93. The topological polar surface area (TPSA) is 0 Å². The third-order valence-electron chi connectivity index (χ3n) is 2.72. The van der Waals surface area contributed by atoms with Crippen LogP contribution in [0.25, 0.3) is 0 Å². The largest absolute Gasteiger partial charge is 0.207 e. The molecule has 0 spiro atoms. The third-order valence-corrected chi connectivity index (χ3v) is 4.52. The van der Waals surface area contributed by atoms with Crippen LogP contribution in [0.1, 0.15) is 25.7 Å². The van der Waals surface area contributed by atoms with Crippen molar-refractivity contribution >= 4 is 27.3 Å². The number of hydrogen-bond donors (Lipinski definition) is 0. The molecule has 0 fully saturated rings. The van der Waals surface area contributed by atoms with Crippen molar-refractivity contribution < 1.29 is 4.39 Å². The van der Waals surface area contributed by atoms with Crippen LogP contribution in [-0.2, 0) is 6.42 Å². The SMILES string of the molecule is Cc1cc(C(Br)Cc2cccc(F)c2)c(C)s1. The van der Waals surface area contributed by atoms with Crippen molar-refractivity contribution in [3.8, 4) is 0 Å². The lowest BCUT2D eigenvalue weighted by Crippen LogP contribution is -1.95. The van der Waals surface area contributed by atoms with Crippen LogP contribution < -0.4 is 0 Å². The predicted octanol–water partition coefficient (Wildman–Crippen LogP) is 5.18. The quantitative estimate of drug-likeness (QED) is 0.685. The lowest BCUT2D eigenvalue weighted by atomic mass is 10.0. The van der Waals surface area contributed by atoms with Crippen LogP contribution in [-0.4, -0.2) is 0 Å². The van der Waals surface area contributed by atoms with E-state index < -0.39 is 0 Å². The molecule has 0 bridgehead atoms. The minimum Gasteiger partial charge on any atom is -0.207 e. The summed E-state index contributed by atoms with van der Waals surface area (Å²) < 4.78 is 13.1. The number of rotatable bonds is 3. The van der Waals surface area contributed by atoms with Gasteiger partial charge in [-0.25, -0.2) is 4.39 Å². The normalized spacial score (nSPS) is 12.7. The molecule has 1 heterocycles. The van der Waals surface area contributed by atoms with Gasteiger partial charge in [0.1, 0.15) is 5.82 Å². The first-order valence-corrected chi connectivity index (χ1v) is 7.25. The van der Waals surface area contributed by atoms with Gasteiger partial charge in [0.25, 0.3) is 0 Å². The van der Waals surface area contributed by atoms with Gasteiger partial charge < -0.3 is 0 Å². The van der Waals surface area contributed by atoms with E-state index in [9.17, 15) is 4.39 Å². The Kier molecular flexibility index (Phi) is 4.00. The van der Waals surface area contributed by atoms with E-state index in [2.05, 4.69) is 35.8 Å². The van der Waals surface area contributed by atoms with E-state index in [1.165, 1.54) is 21.4 Å². The van der Waals surface area contributed by atoms with E-state index >= 15 is 0 Å². The van der Waals surface area contributed by atoms with Gasteiger partial charge in [-0.3, -0.25) is 0 Å². The van der Waals surface area contributed by atoms with Gasteiger partial charge >= 0.3 is 0 Å². The van der Waals surface area contributed by atoms with Gasteiger partial charge in [-0.15, -0.1) is 11.3 Å². The molecule has 0 aliphatic rings. The number of thiophene rings is 1. The van der Waals surface area contributed by atoms with Crippen LogP contribution in [0.2, 0.25) is 0 Å². The average molecular weight is 313 g/mol. The Bertz CT molecular complexity index is 519. The highest BCUT2D eigenvalue weighted by molar-refractivity contribution is 9.09. The summed E-state index contributed by atoms with van der Waals surface area (Å²) in [5.41, 5.74) is 2.34. The van der Waals surface area contributed by atoms with E-state index in [1.807, 2.05) is 17.4 Å². The van der Waals surface area contributed by atoms with E-state index in [0.717, 1.165) is 12.0 Å². The summed E-state index contributed by atoms with van der Waals surface area (Å²) in [7, 11) is 0. The molecular formula is C14H14BrFS. The number of alkyl halides is 1. The number of hydrogen-bond acceptors (Lipinski definition) is 1. The molecule has 90 valence electrons. The van der Waals surface area contributed by atoms with Crippen LogP contribution in [0, 0.1) is 19.7 Å². The highest BCUT2D eigenvalue weighted by Gasteiger charge is 2.13. The third kappa shape index (κ3) is 3.17. The number of benzene rings is 1. The summed E-state index contributed by atoms with van der Waals surface area (Å²) in [5.74, 6) is -0.166. The molecule has 0 N–H and O–H groups in total. The van der Waals surface area contributed by atoms with Crippen molar-refractivity contribution in [3.05, 3.63) is 57.0 Å². The fraction of sp³-hybridized carbons (Fsp3) is 0.286. The molecule has 3 heteroatoms. The summed E-state index contributed by atoms with van der Waals surface area (Å²) in [6, 6.07) is 9.01. The zero-order chi connectivity index (χ0) is 12.4. The van der Waals surface area contributed by atoms with Gasteiger partial charge in [-0.2, -0.15) is 0 Å². The first-order chi connectivity index (χ1) is 8.06. The molecule has 0 aliphatic carbocycles. The molecule has 1 atom stereocenters. The second-order valence-electron chi connectivity index (χ2n) is 4.17. The van der Waals surface area contributed by atoms with Gasteiger partial charge in [-0.1, -0.05) is 28.1 Å². The zero-order valence-electron chi connectivity index (χ0n) is 9.84. The molecular weight excluding hydrogens is 299 g/mol. The average Bonchev–Trinajstić information content (AvgIpc) is 2.58.